The van der Waals surface area contributed by atoms with Gasteiger partial charge < -0.3 is 15.1 Å². The summed E-state index contributed by atoms with van der Waals surface area (Å²) in [4.78, 5) is 6.62. The van der Waals surface area contributed by atoms with Crippen LogP contribution in [-0.2, 0) is 6.61 Å². The van der Waals surface area contributed by atoms with Crippen molar-refractivity contribution in [3.05, 3.63) is 23.4 Å². The maximum Gasteiger partial charge on any atom is 0.131 e. The molecular formula is C13H20N2O2. The third kappa shape index (κ3) is 2.58. The summed E-state index contributed by atoms with van der Waals surface area (Å²) in [6.45, 7) is 3.17. The van der Waals surface area contributed by atoms with Crippen LogP contribution < -0.4 is 4.90 Å². The lowest BCUT2D eigenvalue weighted by Gasteiger charge is -2.36. The zero-order valence-corrected chi connectivity index (χ0v) is 10.3. The summed E-state index contributed by atoms with van der Waals surface area (Å²) in [5.74, 6) is 0.945. The number of hydrogen-bond donors (Lipinski definition) is 2. The van der Waals surface area contributed by atoms with E-state index in [9.17, 15) is 5.11 Å². The Balaban J connectivity index is 2.25. The maximum absolute atomic E-state index is 9.40. The molecule has 94 valence electrons. The van der Waals surface area contributed by atoms with E-state index in [4.69, 9.17) is 5.11 Å². The van der Waals surface area contributed by atoms with E-state index < -0.39 is 0 Å². The zero-order valence-electron chi connectivity index (χ0n) is 10.3. The molecule has 0 saturated carbocycles. The summed E-state index contributed by atoms with van der Waals surface area (Å²) >= 11 is 0. The first-order valence-corrected chi connectivity index (χ1v) is 6.20. The molecule has 1 saturated heterocycles. The van der Waals surface area contributed by atoms with Gasteiger partial charge in [-0.15, -0.1) is 0 Å². The molecule has 2 heterocycles. The lowest BCUT2D eigenvalue weighted by Crippen LogP contribution is -2.42. The second-order valence-corrected chi connectivity index (χ2v) is 4.67. The number of anilines is 1. The molecule has 1 aromatic heterocycles. The standard InChI is InChI=1S/C13H20N2O2/c1-10-6-11(8-16)7-14-13(10)15-5-3-2-4-12(15)9-17/h6-7,12,16-17H,2-5,8-9H2,1H3. The summed E-state index contributed by atoms with van der Waals surface area (Å²) in [5.41, 5.74) is 1.90. The lowest BCUT2D eigenvalue weighted by molar-refractivity contribution is 0.239. The predicted molar refractivity (Wildman–Crippen MR) is 67.0 cm³/mol. The van der Waals surface area contributed by atoms with Crippen molar-refractivity contribution in [1.29, 1.82) is 0 Å². The Morgan fingerprint density at radius 1 is 1.41 bits per heavy atom. The van der Waals surface area contributed by atoms with Crippen LogP contribution in [0, 0.1) is 6.92 Å². The van der Waals surface area contributed by atoms with Crippen LogP contribution in [0.25, 0.3) is 0 Å². The first-order valence-electron chi connectivity index (χ1n) is 6.20. The normalized spacial score (nSPS) is 20.6. The van der Waals surface area contributed by atoms with Gasteiger partial charge in [-0.1, -0.05) is 0 Å². The highest BCUT2D eigenvalue weighted by atomic mass is 16.3. The number of aryl methyl sites for hydroxylation is 1. The summed E-state index contributed by atoms with van der Waals surface area (Å²) < 4.78 is 0. The topological polar surface area (TPSA) is 56.6 Å². The van der Waals surface area contributed by atoms with Gasteiger partial charge in [-0.3, -0.25) is 0 Å². The third-order valence-corrected chi connectivity index (χ3v) is 3.40. The Morgan fingerprint density at radius 2 is 2.24 bits per heavy atom. The van der Waals surface area contributed by atoms with Gasteiger partial charge in [0, 0.05) is 12.7 Å². The van der Waals surface area contributed by atoms with E-state index >= 15 is 0 Å². The average molecular weight is 236 g/mol. The van der Waals surface area contributed by atoms with Gasteiger partial charge in [-0.25, -0.2) is 4.98 Å². The van der Waals surface area contributed by atoms with Crippen molar-refractivity contribution in [3.63, 3.8) is 0 Å². The van der Waals surface area contributed by atoms with Crippen molar-refractivity contribution >= 4 is 5.82 Å². The highest BCUT2D eigenvalue weighted by Gasteiger charge is 2.23. The average Bonchev–Trinajstić information content (AvgIpc) is 2.38. The van der Waals surface area contributed by atoms with Gasteiger partial charge >= 0.3 is 0 Å². The first-order chi connectivity index (χ1) is 8.26. The molecule has 17 heavy (non-hydrogen) atoms. The smallest absolute Gasteiger partial charge is 0.131 e. The third-order valence-electron chi connectivity index (χ3n) is 3.40. The van der Waals surface area contributed by atoms with E-state index in [-0.39, 0.29) is 19.3 Å². The summed E-state index contributed by atoms with van der Waals surface area (Å²) in [6.07, 6.45) is 5.07. The minimum atomic E-state index is 0.0253. The van der Waals surface area contributed by atoms with Crippen LogP contribution in [0.1, 0.15) is 30.4 Å². The highest BCUT2D eigenvalue weighted by Crippen LogP contribution is 2.26. The van der Waals surface area contributed by atoms with Crippen molar-refractivity contribution in [2.75, 3.05) is 18.1 Å². The minimum absolute atomic E-state index is 0.0253. The summed E-state index contributed by atoms with van der Waals surface area (Å²) in [5, 5.41) is 18.5. The van der Waals surface area contributed by atoms with Crippen molar-refractivity contribution in [2.45, 2.75) is 38.8 Å². The summed E-state index contributed by atoms with van der Waals surface area (Å²) in [7, 11) is 0. The number of aromatic nitrogens is 1. The van der Waals surface area contributed by atoms with Gasteiger partial charge in [0.2, 0.25) is 0 Å². The Hall–Kier alpha value is -1.13. The molecule has 0 spiro atoms. The van der Waals surface area contributed by atoms with Gasteiger partial charge in [0.05, 0.1) is 19.3 Å². The second kappa shape index (κ2) is 5.47. The largest absolute Gasteiger partial charge is 0.394 e. The number of aliphatic hydroxyl groups is 2. The van der Waals surface area contributed by atoms with Crippen molar-refractivity contribution in [3.8, 4) is 0 Å². The molecule has 1 fully saturated rings. The monoisotopic (exact) mass is 236 g/mol. The molecule has 0 bridgehead atoms. The molecule has 0 amide bonds. The molecular weight excluding hydrogens is 216 g/mol. The van der Waals surface area contributed by atoms with Crippen molar-refractivity contribution < 1.29 is 10.2 Å². The van der Waals surface area contributed by atoms with Crippen LogP contribution in [0.3, 0.4) is 0 Å². The van der Waals surface area contributed by atoms with Gasteiger partial charge in [0.1, 0.15) is 5.82 Å². The summed E-state index contributed by atoms with van der Waals surface area (Å²) in [6, 6.07) is 2.15. The quantitative estimate of drug-likeness (QED) is 0.829. The Kier molecular flexibility index (Phi) is 3.97. The minimum Gasteiger partial charge on any atom is -0.394 e. The van der Waals surface area contributed by atoms with Crippen molar-refractivity contribution in [2.24, 2.45) is 0 Å². The molecule has 0 radical (unpaired) electrons. The first kappa shape index (κ1) is 12.3. The molecule has 1 aromatic rings. The second-order valence-electron chi connectivity index (χ2n) is 4.67. The molecule has 1 unspecified atom stereocenters. The van der Waals surface area contributed by atoms with Gasteiger partial charge in [0.15, 0.2) is 0 Å². The fourth-order valence-corrected chi connectivity index (χ4v) is 2.48. The number of pyridine rings is 1. The van der Waals surface area contributed by atoms with Gasteiger partial charge in [-0.05, 0) is 43.4 Å². The van der Waals surface area contributed by atoms with Crippen LogP contribution in [0.4, 0.5) is 5.82 Å². The number of nitrogens with zero attached hydrogens (tertiary/aromatic N) is 2. The van der Waals surface area contributed by atoms with Gasteiger partial charge in [-0.2, -0.15) is 0 Å². The fourth-order valence-electron chi connectivity index (χ4n) is 2.48. The molecule has 2 rings (SSSR count). The maximum atomic E-state index is 9.40. The van der Waals surface area contributed by atoms with Crippen LogP contribution in [0.15, 0.2) is 12.3 Å². The number of piperidine rings is 1. The SMILES string of the molecule is Cc1cc(CO)cnc1N1CCCCC1CO. The fraction of sp³-hybridized carbons (Fsp3) is 0.615. The molecule has 2 N–H and O–H groups in total. The molecule has 1 aliphatic rings. The Bertz CT molecular complexity index is 382. The zero-order chi connectivity index (χ0) is 12.3. The van der Waals surface area contributed by atoms with E-state index in [1.807, 2.05) is 13.0 Å². The van der Waals surface area contributed by atoms with Crippen LogP contribution in [-0.4, -0.2) is 34.4 Å². The lowest BCUT2D eigenvalue weighted by atomic mass is 10.0. The predicted octanol–water partition coefficient (Wildman–Crippen LogP) is 1.23. The van der Waals surface area contributed by atoms with Crippen molar-refractivity contribution in [1.82, 2.24) is 4.98 Å². The highest BCUT2D eigenvalue weighted by molar-refractivity contribution is 5.48. The Labute approximate surface area is 102 Å². The van der Waals surface area contributed by atoms with E-state index in [2.05, 4.69) is 9.88 Å². The Morgan fingerprint density at radius 3 is 2.88 bits per heavy atom. The molecule has 4 nitrogen and oxygen atoms in total. The van der Waals surface area contributed by atoms with Crippen LogP contribution in [0.5, 0.6) is 0 Å². The molecule has 0 aromatic carbocycles. The van der Waals surface area contributed by atoms with Crippen LogP contribution >= 0.6 is 0 Å². The van der Waals surface area contributed by atoms with E-state index in [0.29, 0.717) is 0 Å². The van der Waals surface area contributed by atoms with Gasteiger partial charge in [0.25, 0.3) is 0 Å². The van der Waals surface area contributed by atoms with E-state index in [1.165, 1.54) is 6.42 Å². The number of aliphatic hydroxyl groups excluding tert-OH is 2. The number of hydrogen-bond acceptors (Lipinski definition) is 4. The molecule has 1 aliphatic heterocycles. The molecule has 1 atom stereocenters. The molecule has 4 heteroatoms. The van der Waals surface area contributed by atoms with E-state index in [1.54, 1.807) is 6.20 Å². The molecule has 0 aliphatic carbocycles. The number of rotatable bonds is 3. The van der Waals surface area contributed by atoms with Crippen LogP contribution in [0.2, 0.25) is 0 Å². The van der Waals surface area contributed by atoms with E-state index in [0.717, 1.165) is 36.3 Å².